The molecule has 1 N–H and O–H groups in total. The third kappa shape index (κ3) is 2.13. The maximum atomic E-state index is 4.28. The zero-order chi connectivity index (χ0) is 12.4. The van der Waals surface area contributed by atoms with Gasteiger partial charge in [0.1, 0.15) is 0 Å². The van der Waals surface area contributed by atoms with Gasteiger partial charge in [-0.1, -0.05) is 6.07 Å². The standard InChI is InChI=1S/C15H19N3/c1-2-18-15(8-9-17-18)11-16-14-7-6-12-4-3-5-13(12)10-14/h6-10,16H,2-5,11H2,1H3. The number of nitrogens with one attached hydrogen (secondary N) is 1. The number of aryl methyl sites for hydroxylation is 3. The molecule has 1 aliphatic rings. The van der Waals surface area contributed by atoms with Crippen molar-refractivity contribution in [2.24, 2.45) is 0 Å². The van der Waals surface area contributed by atoms with Gasteiger partial charge in [0.15, 0.2) is 0 Å². The fraction of sp³-hybridized carbons (Fsp3) is 0.400. The number of fused-ring (bicyclic) bond motifs is 1. The third-order valence-corrected chi connectivity index (χ3v) is 3.68. The summed E-state index contributed by atoms with van der Waals surface area (Å²) in [6, 6.07) is 8.83. The quantitative estimate of drug-likeness (QED) is 0.891. The number of nitrogens with zero attached hydrogens (tertiary/aromatic N) is 2. The SMILES string of the molecule is CCn1nccc1CNc1ccc2c(c1)CCC2. The zero-order valence-corrected chi connectivity index (χ0v) is 10.8. The Kier molecular flexibility index (Phi) is 3.05. The average Bonchev–Trinajstić information content (AvgIpc) is 3.04. The molecule has 3 rings (SSSR count). The molecule has 94 valence electrons. The molecule has 0 unspecified atom stereocenters. The van der Waals surface area contributed by atoms with Gasteiger partial charge in [0.05, 0.1) is 12.2 Å². The summed E-state index contributed by atoms with van der Waals surface area (Å²) < 4.78 is 2.03. The second-order valence-corrected chi connectivity index (χ2v) is 4.83. The van der Waals surface area contributed by atoms with E-state index in [9.17, 15) is 0 Å². The van der Waals surface area contributed by atoms with Crippen LogP contribution >= 0.6 is 0 Å². The van der Waals surface area contributed by atoms with Crippen LogP contribution < -0.4 is 5.32 Å². The van der Waals surface area contributed by atoms with Crippen LogP contribution in [0.5, 0.6) is 0 Å². The molecule has 1 aromatic carbocycles. The average molecular weight is 241 g/mol. The summed E-state index contributed by atoms with van der Waals surface area (Å²) in [7, 11) is 0. The first-order valence-corrected chi connectivity index (χ1v) is 6.73. The van der Waals surface area contributed by atoms with Crippen molar-refractivity contribution in [2.45, 2.75) is 39.3 Å². The Balaban J connectivity index is 1.70. The Morgan fingerprint density at radius 3 is 3.00 bits per heavy atom. The van der Waals surface area contributed by atoms with Gasteiger partial charge < -0.3 is 5.32 Å². The van der Waals surface area contributed by atoms with Gasteiger partial charge in [-0.3, -0.25) is 4.68 Å². The maximum absolute atomic E-state index is 4.28. The van der Waals surface area contributed by atoms with E-state index in [0.717, 1.165) is 13.1 Å². The highest BCUT2D eigenvalue weighted by atomic mass is 15.3. The fourth-order valence-electron chi connectivity index (χ4n) is 2.67. The van der Waals surface area contributed by atoms with E-state index in [-0.39, 0.29) is 0 Å². The first-order chi connectivity index (χ1) is 8.86. The van der Waals surface area contributed by atoms with Crippen molar-refractivity contribution in [3.63, 3.8) is 0 Å². The Morgan fingerprint density at radius 2 is 2.11 bits per heavy atom. The van der Waals surface area contributed by atoms with Crippen molar-refractivity contribution in [2.75, 3.05) is 5.32 Å². The highest BCUT2D eigenvalue weighted by molar-refractivity contribution is 5.50. The molecule has 1 heterocycles. The molecule has 0 radical (unpaired) electrons. The molecule has 2 aromatic rings. The normalized spacial score (nSPS) is 13.6. The van der Waals surface area contributed by atoms with E-state index < -0.39 is 0 Å². The highest BCUT2D eigenvalue weighted by Gasteiger charge is 2.10. The molecular formula is C15H19N3. The molecule has 0 fully saturated rings. The van der Waals surface area contributed by atoms with Crippen LogP contribution in [0.4, 0.5) is 5.69 Å². The summed E-state index contributed by atoms with van der Waals surface area (Å²) in [5.74, 6) is 0. The lowest BCUT2D eigenvalue weighted by Gasteiger charge is -2.09. The van der Waals surface area contributed by atoms with Crippen LogP contribution in [0.1, 0.15) is 30.2 Å². The minimum atomic E-state index is 0.840. The predicted octanol–water partition coefficient (Wildman–Crippen LogP) is 3.00. The summed E-state index contributed by atoms with van der Waals surface area (Å²) in [6.07, 6.45) is 5.65. The number of benzene rings is 1. The summed E-state index contributed by atoms with van der Waals surface area (Å²) in [4.78, 5) is 0. The number of hydrogen-bond acceptors (Lipinski definition) is 2. The zero-order valence-electron chi connectivity index (χ0n) is 10.8. The Bertz CT molecular complexity index is 542. The molecule has 18 heavy (non-hydrogen) atoms. The van der Waals surface area contributed by atoms with Crippen LogP contribution in [0.15, 0.2) is 30.5 Å². The van der Waals surface area contributed by atoms with E-state index in [2.05, 4.69) is 41.6 Å². The molecule has 0 aliphatic heterocycles. The first kappa shape index (κ1) is 11.3. The van der Waals surface area contributed by atoms with Gasteiger partial charge in [-0.05, 0) is 55.5 Å². The Hall–Kier alpha value is -1.77. The number of aromatic nitrogens is 2. The van der Waals surface area contributed by atoms with Crippen LogP contribution in [-0.2, 0) is 25.9 Å². The molecule has 0 saturated carbocycles. The molecular weight excluding hydrogens is 222 g/mol. The van der Waals surface area contributed by atoms with Crippen molar-refractivity contribution >= 4 is 5.69 Å². The van der Waals surface area contributed by atoms with Crippen LogP contribution in [0, 0.1) is 0 Å². The van der Waals surface area contributed by atoms with E-state index in [1.165, 1.54) is 41.8 Å². The second-order valence-electron chi connectivity index (χ2n) is 4.83. The summed E-state index contributed by atoms with van der Waals surface area (Å²) in [5, 5.41) is 7.77. The smallest absolute Gasteiger partial charge is 0.0575 e. The molecule has 1 aliphatic carbocycles. The molecule has 0 amide bonds. The van der Waals surface area contributed by atoms with E-state index >= 15 is 0 Å². The van der Waals surface area contributed by atoms with E-state index in [1.54, 1.807) is 0 Å². The minimum Gasteiger partial charge on any atom is -0.379 e. The molecule has 0 bridgehead atoms. The van der Waals surface area contributed by atoms with Crippen LogP contribution in [0.3, 0.4) is 0 Å². The van der Waals surface area contributed by atoms with Gasteiger partial charge in [-0.15, -0.1) is 0 Å². The lowest BCUT2D eigenvalue weighted by molar-refractivity contribution is 0.627. The van der Waals surface area contributed by atoms with Crippen molar-refractivity contribution in [1.82, 2.24) is 9.78 Å². The van der Waals surface area contributed by atoms with Crippen LogP contribution in [0.2, 0.25) is 0 Å². The lowest BCUT2D eigenvalue weighted by Crippen LogP contribution is -2.07. The number of hydrogen-bond donors (Lipinski definition) is 1. The lowest BCUT2D eigenvalue weighted by atomic mass is 10.1. The van der Waals surface area contributed by atoms with E-state index in [1.807, 2.05) is 10.9 Å². The van der Waals surface area contributed by atoms with Crippen molar-refractivity contribution in [3.05, 3.63) is 47.3 Å². The predicted molar refractivity (Wildman–Crippen MR) is 73.7 cm³/mol. The van der Waals surface area contributed by atoms with Gasteiger partial charge in [-0.25, -0.2) is 0 Å². The van der Waals surface area contributed by atoms with Gasteiger partial charge >= 0.3 is 0 Å². The largest absolute Gasteiger partial charge is 0.379 e. The highest BCUT2D eigenvalue weighted by Crippen LogP contribution is 2.25. The van der Waals surface area contributed by atoms with Crippen LogP contribution in [0.25, 0.3) is 0 Å². The molecule has 1 aromatic heterocycles. The molecule has 0 saturated heterocycles. The third-order valence-electron chi connectivity index (χ3n) is 3.68. The van der Waals surface area contributed by atoms with Gasteiger partial charge in [0.25, 0.3) is 0 Å². The molecule has 3 heteroatoms. The fourth-order valence-corrected chi connectivity index (χ4v) is 2.67. The van der Waals surface area contributed by atoms with Gasteiger partial charge in [0, 0.05) is 18.4 Å². The van der Waals surface area contributed by atoms with E-state index in [0.29, 0.717) is 0 Å². The molecule has 0 atom stereocenters. The second kappa shape index (κ2) is 4.84. The van der Waals surface area contributed by atoms with Crippen molar-refractivity contribution in [1.29, 1.82) is 0 Å². The van der Waals surface area contributed by atoms with Crippen LogP contribution in [-0.4, -0.2) is 9.78 Å². The van der Waals surface area contributed by atoms with Gasteiger partial charge in [0.2, 0.25) is 0 Å². The summed E-state index contributed by atoms with van der Waals surface area (Å²) in [5.41, 5.74) is 5.50. The number of rotatable bonds is 4. The van der Waals surface area contributed by atoms with Gasteiger partial charge in [-0.2, -0.15) is 5.10 Å². The molecule has 3 nitrogen and oxygen atoms in total. The first-order valence-electron chi connectivity index (χ1n) is 6.73. The Labute approximate surface area is 108 Å². The van der Waals surface area contributed by atoms with Crippen molar-refractivity contribution in [3.8, 4) is 0 Å². The Morgan fingerprint density at radius 1 is 1.22 bits per heavy atom. The number of anilines is 1. The summed E-state index contributed by atoms with van der Waals surface area (Å²) >= 11 is 0. The minimum absolute atomic E-state index is 0.840. The van der Waals surface area contributed by atoms with E-state index in [4.69, 9.17) is 0 Å². The van der Waals surface area contributed by atoms with Crippen molar-refractivity contribution < 1.29 is 0 Å². The maximum Gasteiger partial charge on any atom is 0.0575 e. The molecule has 0 spiro atoms. The topological polar surface area (TPSA) is 29.9 Å². The summed E-state index contributed by atoms with van der Waals surface area (Å²) in [6.45, 7) is 3.88. The monoisotopic (exact) mass is 241 g/mol.